The summed E-state index contributed by atoms with van der Waals surface area (Å²) < 4.78 is 13.6. The Morgan fingerprint density at radius 3 is 2.70 bits per heavy atom. The Kier molecular flexibility index (Phi) is 3.03. The molecule has 2 aromatic rings. The van der Waals surface area contributed by atoms with Crippen LogP contribution in [0.25, 0.3) is 10.9 Å². The van der Waals surface area contributed by atoms with E-state index in [1.54, 1.807) is 18.3 Å². The molecule has 2 saturated carbocycles. The van der Waals surface area contributed by atoms with Gasteiger partial charge in [-0.1, -0.05) is 0 Å². The molecule has 1 spiro atoms. The summed E-state index contributed by atoms with van der Waals surface area (Å²) in [5.74, 6) is -0.529. The Hall–Kier alpha value is -1.97. The molecule has 1 aromatic heterocycles. The summed E-state index contributed by atoms with van der Waals surface area (Å²) in [5.41, 5.74) is 1.43. The first kappa shape index (κ1) is 14.6. The maximum atomic E-state index is 13.6. The van der Waals surface area contributed by atoms with Crippen LogP contribution in [0.2, 0.25) is 0 Å². The van der Waals surface area contributed by atoms with Gasteiger partial charge in [-0.3, -0.25) is 9.78 Å². The summed E-state index contributed by atoms with van der Waals surface area (Å²) in [7, 11) is 0. The topological polar surface area (TPSA) is 50.2 Å². The van der Waals surface area contributed by atoms with Crippen molar-refractivity contribution in [3.05, 3.63) is 41.8 Å². The molecule has 0 bridgehead atoms. The highest BCUT2D eigenvalue weighted by Crippen LogP contribution is 2.71. The van der Waals surface area contributed by atoms with Crippen LogP contribution in [0.3, 0.4) is 0 Å². The van der Waals surface area contributed by atoms with Crippen LogP contribution < -0.4 is 0 Å². The highest BCUT2D eigenvalue weighted by atomic mass is 19.1. The zero-order chi connectivity index (χ0) is 16.2. The molecule has 2 aliphatic carbocycles. The van der Waals surface area contributed by atoms with Gasteiger partial charge in [-0.05, 0) is 80.2 Å². The first-order valence-corrected chi connectivity index (χ1v) is 8.23. The minimum Gasteiger partial charge on any atom is -0.481 e. The highest BCUT2D eigenvalue weighted by molar-refractivity contribution is 5.83. The van der Waals surface area contributed by atoms with Crippen LogP contribution in [0.5, 0.6) is 0 Å². The normalized spacial score (nSPS) is 33.0. The van der Waals surface area contributed by atoms with Crippen LogP contribution >= 0.6 is 0 Å². The quantitative estimate of drug-likeness (QED) is 0.887. The molecule has 0 radical (unpaired) electrons. The zero-order valence-electron chi connectivity index (χ0n) is 13.2. The highest BCUT2D eigenvalue weighted by Gasteiger charge is 2.68. The number of aromatic nitrogens is 1. The second-order valence-corrected chi connectivity index (χ2v) is 7.43. The Bertz CT molecular complexity index is 795. The van der Waals surface area contributed by atoms with Gasteiger partial charge >= 0.3 is 5.97 Å². The molecule has 120 valence electrons. The van der Waals surface area contributed by atoms with E-state index in [4.69, 9.17) is 0 Å². The predicted octanol–water partition coefficient (Wildman–Crippen LogP) is 4.51. The van der Waals surface area contributed by atoms with Gasteiger partial charge in [0.25, 0.3) is 0 Å². The van der Waals surface area contributed by atoms with E-state index < -0.39 is 11.4 Å². The van der Waals surface area contributed by atoms with Gasteiger partial charge in [0, 0.05) is 11.6 Å². The molecule has 1 N–H and O–H groups in total. The molecule has 0 saturated heterocycles. The van der Waals surface area contributed by atoms with Crippen molar-refractivity contribution in [2.45, 2.75) is 44.9 Å². The second kappa shape index (κ2) is 4.76. The molecular formula is C19H20FNO2. The third-order valence-corrected chi connectivity index (χ3v) is 6.33. The number of rotatable bonds is 2. The monoisotopic (exact) mass is 313 g/mol. The number of carboxylic acid groups (broad SMARTS) is 1. The lowest BCUT2D eigenvalue weighted by molar-refractivity contribution is -0.144. The summed E-state index contributed by atoms with van der Waals surface area (Å²) in [6.45, 7) is 1.88. The molecule has 1 atom stereocenters. The smallest absolute Gasteiger partial charge is 0.309 e. The third-order valence-electron chi connectivity index (χ3n) is 6.33. The van der Waals surface area contributed by atoms with E-state index in [2.05, 4.69) is 4.98 Å². The van der Waals surface area contributed by atoms with Crippen LogP contribution in [-0.2, 0) is 4.79 Å². The van der Waals surface area contributed by atoms with Crippen LogP contribution in [0, 0.1) is 16.6 Å². The molecular weight excluding hydrogens is 293 g/mol. The van der Waals surface area contributed by atoms with Crippen LogP contribution in [0.15, 0.2) is 30.5 Å². The summed E-state index contributed by atoms with van der Waals surface area (Å²) in [5, 5.41) is 10.3. The van der Waals surface area contributed by atoms with Gasteiger partial charge in [0.1, 0.15) is 5.82 Å². The molecule has 1 heterocycles. The largest absolute Gasteiger partial charge is 0.481 e. The minimum atomic E-state index is -0.660. The van der Waals surface area contributed by atoms with E-state index in [1.165, 1.54) is 6.07 Å². The number of pyridine rings is 1. The van der Waals surface area contributed by atoms with E-state index >= 15 is 0 Å². The molecule has 2 fully saturated rings. The third kappa shape index (κ3) is 2.07. The molecule has 2 aliphatic rings. The van der Waals surface area contributed by atoms with Crippen LogP contribution in [0.1, 0.15) is 50.5 Å². The molecule has 23 heavy (non-hydrogen) atoms. The lowest BCUT2D eigenvalue weighted by atomic mass is 9.73. The Morgan fingerprint density at radius 1 is 1.30 bits per heavy atom. The second-order valence-electron chi connectivity index (χ2n) is 7.43. The molecule has 0 aliphatic heterocycles. The van der Waals surface area contributed by atoms with Crippen molar-refractivity contribution in [1.82, 2.24) is 4.98 Å². The van der Waals surface area contributed by atoms with Gasteiger partial charge in [0.15, 0.2) is 0 Å². The number of fused-ring (bicyclic) bond motifs is 1. The van der Waals surface area contributed by atoms with E-state index in [0.29, 0.717) is 5.92 Å². The predicted molar refractivity (Wildman–Crippen MR) is 85.7 cm³/mol. The van der Waals surface area contributed by atoms with Crippen molar-refractivity contribution in [3.63, 3.8) is 0 Å². The first-order chi connectivity index (χ1) is 11.0. The minimum absolute atomic E-state index is 0.0105. The summed E-state index contributed by atoms with van der Waals surface area (Å²) >= 11 is 0. The number of carbonyl (C=O) groups is 1. The summed E-state index contributed by atoms with van der Waals surface area (Å²) in [6, 6.07) is 6.73. The standard InChI is InChI=1S/C19H20FNO2/c1-18(17(22)23)11-19(18)7-4-12(5-8-19)14-6-9-21-16-3-2-13(20)10-15(14)16/h2-3,6,9-10,12H,4-5,7-8,11H2,1H3,(H,22,23)/t12?,18-,19?/m1/s1. The van der Waals surface area contributed by atoms with Crippen molar-refractivity contribution in [1.29, 1.82) is 0 Å². The van der Waals surface area contributed by atoms with Crippen LogP contribution in [-0.4, -0.2) is 16.1 Å². The molecule has 4 rings (SSSR count). The SMILES string of the molecule is C[C@]1(C(=O)O)CC12CCC(c1ccnc3ccc(F)cc13)CC2. The van der Waals surface area contributed by atoms with E-state index in [0.717, 1.165) is 48.6 Å². The van der Waals surface area contributed by atoms with Crippen molar-refractivity contribution in [2.24, 2.45) is 10.8 Å². The number of hydrogen-bond acceptors (Lipinski definition) is 2. The summed E-state index contributed by atoms with van der Waals surface area (Å²) in [6.07, 6.45) is 6.42. The van der Waals surface area contributed by atoms with Gasteiger partial charge in [0.2, 0.25) is 0 Å². The molecule has 1 aromatic carbocycles. The first-order valence-electron chi connectivity index (χ1n) is 8.23. The maximum absolute atomic E-state index is 13.6. The Morgan fingerprint density at radius 2 is 2.04 bits per heavy atom. The van der Waals surface area contributed by atoms with Crippen molar-refractivity contribution < 1.29 is 14.3 Å². The average Bonchev–Trinajstić information content (AvgIpc) is 3.13. The van der Waals surface area contributed by atoms with E-state index in [1.807, 2.05) is 13.0 Å². The average molecular weight is 313 g/mol. The molecule has 3 nitrogen and oxygen atoms in total. The fraction of sp³-hybridized carbons (Fsp3) is 0.474. The number of benzene rings is 1. The molecule has 0 unspecified atom stereocenters. The van der Waals surface area contributed by atoms with Gasteiger partial charge in [-0.15, -0.1) is 0 Å². The Labute approximate surface area is 134 Å². The van der Waals surface area contributed by atoms with Crippen molar-refractivity contribution in [2.75, 3.05) is 0 Å². The van der Waals surface area contributed by atoms with Gasteiger partial charge in [0.05, 0.1) is 10.9 Å². The number of halogens is 1. The van der Waals surface area contributed by atoms with Gasteiger partial charge in [-0.2, -0.15) is 0 Å². The van der Waals surface area contributed by atoms with E-state index in [-0.39, 0.29) is 11.2 Å². The van der Waals surface area contributed by atoms with Gasteiger partial charge < -0.3 is 5.11 Å². The molecule has 0 amide bonds. The lowest BCUT2D eigenvalue weighted by Gasteiger charge is -2.31. The number of hydrogen-bond donors (Lipinski definition) is 1. The van der Waals surface area contributed by atoms with Crippen LogP contribution in [0.4, 0.5) is 4.39 Å². The zero-order valence-corrected chi connectivity index (χ0v) is 13.2. The van der Waals surface area contributed by atoms with Gasteiger partial charge in [-0.25, -0.2) is 4.39 Å². The number of nitrogens with zero attached hydrogens (tertiary/aromatic N) is 1. The maximum Gasteiger partial charge on any atom is 0.309 e. The van der Waals surface area contributed by atoms with Crippen molar-refractivity contribution in [3.8, 4) is 0 Å². The fourth-order valence-electron chi connectivity index (χ4n) is 4.64. The number of carboxylic acids is 1. The fourth-order valence-corrected chi connectivity index (χ4v) is 4.64. The van der Waals surface area contributed by atoms with E-state index in [9.17, 15) is 14.3 Å². The molecule has 4 heteroatoms. The van der Waals surface area contributed by atoms with Crippen molar-refractivity contribution >= 4 is 16.9 Å². The summed E-state index contributed by atoms with van der Waals surface area (Å²) in [4.78, 5) is 15.8. The lowest BCUT2D eigenvalue weighted by Crippen LogP contribution is -2.25. The Balaban J connectivity index is 1.60. The number of aliphatic carboxylic acids is 1.